The van der Waals surface area contributed by atoms with Gasteiger partial charge in [-0.25, -0.2) is 4.98 Å². The van der Waals surface area contributed by atoms with Gasteiger partial charge in [0.25, 0.3) is 0 Å². The van der Waals surface area contributed by atoms with Crippen molar-refractivity contribution in [3.8, 4) is 6.07 Å². The molecule has 16 heavy (non-hydrogen) atoms. The van der Waals surface area contributed by atoms with E-state index in [1.54, 1.807) is 18.3 Å². The standard InChI is InChI=1S/C13H19N3/c1-10(13(2,3)4)9-16-12-7-11(8-14)5-6-15-12/h5-7,10H,9H2,1-4H3,(H,15,16). The van der Waals surface area contributed by atoms with Crippen molar-refractivity contribution in [1.82, 2.24) is 4.98 Å². The SMILES string of the molecule is CC(CNc1cc(C#N)ccn1)C(C)(C)C. The quantitative estimate of drug-likeness (QED) is 0.846. The van der Waals surface area contributed by atoms with Crippen molar-refractivity contribution in [2.24, 2.45) is 11.3 Å². The van der Waals surface area contributed by atoms with Crippen LogP contribution in [0.3, 0.4) is 0 Å². The van der Waals surface area contributed by atoms with Crippen LogP contribution in [0.15, 0.2) is 18.3 Å². The first kappa shape index (κ1) is 12.5. The third-order valence-electron chi connectivity index (χ3n) is 2.96. The number of nitriles is 1. The second-order valence-corrected chi connectivity index (χ2v) is 5.19. The lowest BCUT2D eigenvalue weighted by atomic mass is 9.82. The van der Waals surface area contributed by atoms with Crippen LogP contribution in [0.1, 0.15) is 33.3 Å². The number of hydrogen-bond acceptors (Lipinski definition) is 3. The van der Waals surface area contributed by atoms with Crippen LogP contribution in [0, 0.1) is 22.7 Å². The van der Waals surface area contributed by atoms with Crippen molar-refractivity contribution in [2.45, 2.75) is 27.7 Å². The minimum absolute atomic E-state index is 0.278. The van der Waals surface area contributed by atoms with Crippen LogP contribution < -0.4 is 5.32 Å². The van der Waals surface area contributed by atoms with Crippen molar-refractivity contribution in [3.05, 3.63) is 23.9 Å². The molecule has 86 valence electrons. The average molecular weight is 217 g/mol. The van der Waals surface area contributed by atoms with E-state index in [2.05, 4.69) is 44.1 Å². The molecule has 0 fully saturated rings. The van der Waals surface area contributed by atoms with Crippen LogP contribution >= 0.6 is 0 Å². The number of anilines is 1. The third-order valence-corrected chi connectivity index (χ3v) is 2.96. The molecule has 1 N–H and O–H groups in total. The van der Waals surface area contributed by atoms with E-state index in [1.165, 1.54) is 0 Å². The van der Waals surface area contributed by atoms with E-state index in [9.17, 15) is 0 Å². The molecule has 3 nitrogen and oxygen atoms in total. The minimum atomic E-state index is 0.278. The molecule has 1 heterocycles. The Morgan fingerprint density at radius 1 is 1.50 bits per heavy atom. The Morgan fingerprint density at radius 3 is 2.75 bits per heavy atom. The molecule has 0 saturated heterocycles. The van der Waals surface area contributed by atoms with Crippen LogP contribution in [0.5, 0.6) is 0 Å². The lowest BCUT2D eigenvalue weighted by molar-refractivity contribution is 0.274. The number of rotatable bonds is 3. The summed E-state index contributed by atoms with van der Waals surface area (Å²) in [5.74, 6) is 1.31. The highest BCUT2D eigenvalue weighted by Crippen LogP contribution is 2.25. The fraction of sp³-hybridized carbons (Fsp3) is 0.538. The largest absolute Gasteiger partial charge is 0.370 e. The van der Waals surface area contributed by atoms with Crippen molar-refractivity contribution >= 4 is 5.82 Å². The average Bonchev–Trinajstić information content (AvgIpc) is 2.25. The molecule has 1 aromatic rings. The number of aromatic nitrogens is 1. The van der Waals surface area contributed by atoms with Crippen molar-refractivity contribution in [2.75, 3.05) is 11.9 Å². The molecule has 0 amide bonds. The Morgan fingerprint density at radius 2 is 2.19 bits per heavy atom. The predicted molar refractivity (Wildman–Crippen MR) is 66.1 cm³/mol. The zero-order valence-electron chi connectivity index (χ0n) is 10.4. The molecular formula is C13H19N3. The molecular weight excluding hydrogens is 198 g/mol. The Hall–Kier alpha value is -1.56. The van der Waals surface area contributed by atoms with Gasteiger partial charge in [-0.3, -0.25) is 0 Å². The summed E-state index contributed by atoms with van der Waals surface area (Å²) in [4.78, 5) is 4.18. The summed E-state index contributed by atoms with van der Waals surface area (Å²) in [7, 11) is 0. The molecule has 0 saturated carbocycles. The number of nitrogens with zero attached hydrogens (tertiary/aromatic N) is 2. The highest BCUT2D eigenvalue weighted by atomic mass is 15.0. The molecule has 0 radical (unpaired) electrons. The van der Waals surface area contributed by atoms with Crippen LogP contribution in [-0.4, -0.2) is 11.5 Å². The molecule has 0 aliphatic rings. The molecule has 1 rings (SSSR count). The number of pyridine rings is 1. The molecule has 1 aromatic heterocycles. The monoisotopic (exact) mass is 217 g/mol. The van der Waals surface area contributed by atoms with Crippen molar-refractivity contribution in [1.29, 1.82) is 5.26 Å². The van der Waals surface area contributed by atoms with Gasteiger partial charge in [-0.1, -0.05) is 27.7 Å². The summed E-state index contributed by atoms with van der Waals surface area (Å²) < 4.78 is 0. The summed E-state index contributed by atoms with van der Waals surface area (Å²) >= 11 is 0. The van der Waals surface area contributed by atoms with E-state index in [0.717, 1.165) is 12.4 Å². The summed E-state index contributed by atoms with van der Waals surface area (Å²) in [5, 5.41) is 12.0. The van der Waals surface area contributed by atoms with E-state index in [0.29, 0.717) is 11.5 Å². The second-order valence-electron chi connectivity index (χ2n) is 5.19. The van der Waals surface area contributed by atoms with Gasteiger partial charge in [0.15, 0.2) is 0 Å². The summed E-state index contributed by atoms with van der Waals surface area (Å²) in [6, 6.07) is 5.59. The van der Waals surface area contributed by atoms with E-state index in [-0.39, 0.29) is 5.41 Å². The Balaban J connectivity index is 2.59. The van der Waals surface area contributed by atoms with Gasteiger partial charge in [0.1, 0.15) is 5.82 Å². The van der Waals surface area contributed by atoms with Gasteiger partial charge >= 0.3 is 0 Å². The Labute approximate surface area is 97.5 Å². The van der Waals surface area contributed by atoms with Crippen molar-refractivity contribution in [3.63, 3.8) is 0 Å². The van der Waals surface area contributed by atoms with Gasteiger partial charge < -0.3 is 5.32 Å². The van der Waals surface area contributed by atoms with E-state index >= 15 is 0 Å². The highest BCUT2D eigenvalue weighted by Gasteiger charge is 2.19. The zero-order valence-corrected chi connectivity index (χ0v) is 10.4. The molecule has 0 spiro atoms. The highest BCUT2D eigenvalue weighted by molar-refractivity contribution is 5.42. The Kier molecular flexibility index (Phi) is 3.89. The van der Waals surface area contributed by atoms with Gasteiger partial charge in [0.2, 0.25) is 0 Å². The van der Waals surface area contributed by atoms with E-state index in [1.807, 2.05) is 0 Å². The molecule has 1 unspecified atom stereocenters. The van der Waals surface area contributed by atoms with Gasteiger partial charge in [-0.05, 0) is 23.5 Å². The third kappa shape index (κ3) is 3.54. The van der Waals surface area contributed by atoms with Gasteiger partial charge in [-0.15, -0.1) is 0 Å². The molecule has 0 aliphatic heterocycles. The summed E-state index contributed by atoms with van der Waals surface area (Å²) in [6.07, 6.45) is 1.66. The van der Waals surface area contributed by atoms with Crippen LogP contribution in [0.25, 0.3) is 0 Å². The molecule has 0 aliphatic carbocycles. The van der Waals surface area contributed by atoms with Gasteiger partial charge in [0.05, 0.1) is 11.6 Å². The predicted octanol–water partition coefficient (Wildman–Crippen LogP) is 3.05. The minimum Gasteiger partial charge on any atom is -0.370 e. The van der Waals surface area contributed by atoms with Crippen LogP contribution in [-0.2, 0) is 0 Å². The van der Waals surface area contributed by atoms with E-state index in [4.69, 9.17) is 5.26 Å². The first-order valence-corrected chi connectivity index (χ1v) is 5.53. The molecule has 1 atom stereocenters. The smallest absolute Gasteiger partial charge is 0.127 e. The fourth-order valence-electron chi connectivity index (χ4n) is 1.16. The normalized spacial score (nSPS) is 12.9. The first-order valence-electron chi connectivity index (χ1n) is 5.53. The molecule has 3 heteroatoms. The molecule has 0 bridgehead atoms. The van der Waals surface area contributed by atoms with Gasteiger partial charge in [-0.2, -0.15) is 5.26 Å². The second kappa shape index (κ2) is 4.98. The fourth-order valence-corrected chi connectivity index (χ4v) is 1.16. The zero-order chi connectivity index (χ0) is 12.2. The maximum atomic E-state index is 8.76. The summed E-state index contributed by atoms with van der Waals surface area (Å²) in [5.41, 5.74) is 0.917. The van der Waals surface area contributed by atoms with Crippen LogP contribution in [0.4, 0.5) is 5.82 Å². The van der Waals surface area contributed by atoms with E-state index < -0.39 is 0 Å². The van der Waals surface area contributed by atoms with Gasteiger partial charge in [0, 0.05) is 12.7 Å². The van der Waals surface area contributed by atoms with Crippen molar-refractivity contribution < 1.29 is 0 Å². The Bertz CT molecular complexity index is 385. The first-order chi connectivity index (χ1) is 7.43. The lowest BCUT2D eigenvalue weighted by Gasteiger charge is -2.27. The summed E-state index contributed by atoms with van der Waals surface area (Å²) in [6.45, 7) is 9.74. The maximum Gasteiger partial charge on any atom is 0.127 e. The van der Waals surface area contributed by atoms with Crippen LogP contribution in [0.2, 0.25) is 0 Å². The number of hydrogen-bond donors (Lipinski definition) is 1. The number of nitrogens with one attached hydrogen (secondary N) is 1. The lowest BCUT2D eigenvalue weighted by Crippen LogP contribution is -2.25. The topological polar surface area (TPSA) is 48.7 Å². The maximum absolute atomic E-state index is 8.76. The molecule has 0 aromatic carbocycles.